The molecule has 1 N–H and O–H groups in total. The molecule has 0 spiro atoms. The summed E-state index contributed by atoms with van der Waals surface area (Å²) in [4.78, 5) is 0. The van der Waals surface area contributed by atoms with Crippen molar-refractivity contribution in [2.45, 2.75) is 19.7 Å². The Hall–Kier alpha value is -0.860. The summed E-state index contributed by atoms with van der Waals surface area (Å²) in [7, 11) is 4.05. The average Bonchev–Trinajstić information content (AvgIpc) is 2.05. The van der Waals surface area contributed by atoms with Gasteiger partial charge in [-0.15, -0.1) is 0 Å². The molecule has 1 unspecified atom stereocenters. The van der Waals surface area contributed by atoms with Crippen molar-refractivity contribution in [3.05, 3.63) is 35.9 Å². The van der Waals surface area contributed by atoms with Crippen molar-refractivity contribution in [3.63, 3.8) is 0 Å². The normalized spacial score (nSPS) is 14.2. The maximum Gasteiger partial charge on any atom is 0.187 e. The molecular weight excluding hydrogens is 162 g/mol. The summed E-state index contributed by atoms with van der Waals surface area (Å²) in [6, 6.07) is 10.2. The van der Waals surface area contributed by atoms with E-state index in [0.29, 0.717) is 4.48 Å². The van der Waals surface area contributed by atoms with Gasteiger partial charge < -0.3 is 9.59 Å². The first-order valence-electron chi connectivity index (χ1n) is 4.57. The van der Waals surface area contributed by atoms with Gasteiger partial charge in [-0.1, -0.05) is 30.3 Å². The zero-order valence-corrected chi connectivity index (χ0v) is 8.57. The van der Waals surface area contributed by atoms with Gasteiger partial charge in [0.05, 0.1) is 14.1 Å². The van der Waals surface area contributed by atoms with Crippen LogP contribution in [0.1, 0.15) is 12.5 Å². The fourth-order valence-electron chi connectivity index (χ4n) is 1.19. The van der Waals surface area contributed by atoms with Gasteiger partial charge in [0.2, 0.25) is 0 Å². The Kier molecular flexibility index (Phi) is 3.07. The molecule has 13 heavy (non-hydrogen) atoms. The molecule has 0 saturated carbocycles. The van der Waals surface area contributed by atoms with Gasteiger partial charge in [-0.25, -0.2) is 0 Å². The van der Waals surface area contributed by atoms with Gasteiger partial charge in [0, 0.05) is 12.5 Å². The Bertz CT molecular complexity index is 254. The molecule has 0 bridgehead atoms. The van der Waals surface area contributed by atoms with Crippen molar-refractivity contribution in [1.82, 2.24) is 0 Å². The lowest BCUT2D eigenvalue weighted by atomic mass is 10.2. The highest BCUT2D eigenvalue weighted by Crippen LogP contribution is 2.11. The second-order valence-corrected chi connectivity index (χ2v) is 4.05. The van der Waals surface area contributed by atoms with Crippen LogP contribution < -0.4 is 0 Å². The Morgan fingerprint density at radius 2 is 1.77 bits per heavy atom. The monoisotopic (exact) mass is 180 g/mol. The molecule has 72 valence electrons. The highest BCUT2D eigenvalue weighted by atomic mass is 16.3. The van der Waals surface area contributed by atoms with E-state index < -0.39 is 0 Å². The molecule has 0 heterocycles. The molecule has 0 aliphatic carbocycles. The standard InChI is InChI=1S/C11H18NO/c1-10(13)12(2,3)9-11-7-5-4-6-8-11/h4-8,10,13H,9H2,1-3H3/q+1. The highest BCUT2D eigenvalue weighted by molar-refractivity contribution is 5.13. The summed E-state index contributed by atoms with van der Waals surface area (Å²) < 4.78 is 0.601. The maximum atomic E-state index is 9.51. The van der Waals surface area contributed by atoms with Gasteiger partial charge in [-0.3, -0.25) is 0 Å². The van der Waals surface area contributed by atoms with Crippen molar-refractivity contribution in [1.29, 1.82) is 0 Å². The predicted octanol–water partition coefficient (Wildman–Crippen LogP) is 1.60. The summed E-state index contributed by atoms with van der Waals surface area (Å²) in [6.07, 6.45) is -0.333. The molecule has 0 aliphatic rings. The minimum Gasteiger partial charge on any atom is -0.345 e. The van der Waals surface area contributed by atoms with Crippen LogP contribution in [-0.4, -0.2) is 29.9 Å². The number of quaternary nitrogens is 1. The molecule has 0 aliphatic heterocycles. The van der Waals surface area contributed by atoms with Crippen molar-refractivity contribution in [2.75, 3.05) is 14.1 Å². The third-order valence-electron chi connectivity index (χ3n) is 2.44. The van der Waals surface area contributed by atoms with Gasteiger partial charge in [0.25, 0.3) is 0 Å². The average molecular weight is 180 g/mol. The summed E-state index contributed by atoms with van der Waals surface area (Å²) in [5.41, 5.74) is 1.26. The summed E-state index contributed by atoms with van der Waals surface area (Å²) in [5, 5.41) is 9.51. The van der Waals surface area contributed by atoms with Crippen LogP contribution in [0.2, 0.25) is 0 Å². The second kappa shape index (κ2) is 3.90. The number of aliphatic hydroxyl groups is 1. The smallest absolute Gasteiger partial charge is 0.187 e. The third-order valence-corrected chi connectivity index (χ3v) is 2.44. The van der Waals surface area contributed by atoms with Gasteiger partial charge in [-0.05, 0) is 0 Å². The number of hydrogen-bond donors (Lipinski definition) is 1. The first-order valence-corrected chi connectivity index (χ1v) is 4.57. The van der Waals surface area contributed by atoms with Gasteiger partial charge in [0.1, 0.15) is 6.54 Å². The number of aliphatic hydroxyl groups excluding tert-OH is 1. The minimum absolute atomic E-state index is 0.333. The summed E-state index contributed by atoms with van der Waals surface area (Å²) in [6.45, 7) is 2.68. The quantitative estimate of drug-likeness (QED) is 0.553. The largest absolute Gasteiger partial charge is 0.345 e. The first-order chi connectivity index (χ1) is 6.02. The topological polar surface area (TPSA) is 20.2 Å². The summed E-state index contributed by atoms with van der Waals surface area (Å²) in [5.74, 6) is 0. The van der Waals surface area contributed by atoms with E-state index in [2.05, 4.69) is 12.1 Å². The Labute approximate surface area is 80.0 Å². The van der Waals surface area contributed by atoms with E-state index in [1.807, 2.05) is 39.2 Å². The van der Waals surface area contributed by atoms with E-state index in [1.54, 1.807) is 0 Å². The van der Waals surface area contributed by atoms with Crippen molar-refractivity contribution >= 4 is 0 Å². The molecule has 0 aromatic heterocycles. The van der Waals surface area contributed by atoms with E-state index in [1.165, 1.54) is 5.56 Å². The van der Waals surface area contributed by atoms with E-state index in [0.717, 1.165) is 6.54 Å². The predicted molar refractivity (Wildman–Crippen MR) is 53.9 cm³/mol. The fraction of sp³-hybridized carbons (Fsp3) is 0.455. The van der Waals surface area contributed by atoms with E-state index >= 15 is 0 Å². The lowest BCUT2D eigenvalue weighted by Gasteiger charge is -2.32. The Balaban J connectivity index is 2.69. The Morgan fingerprint density at radius 3 is 2.23 bits per heavy atom. The minimum atomic E-state index is -0.333. The van der Waals surface area contributed by atoms with Crippen LogP contribution in [0.4, 0.5) is 0 Å². The number of benzene rings is 1. The van der Waals surface area contributed by atoms with Crippen LogP contribution in [0.25, 0.3) is 0 Å². The second-order valence-electron chi connectivity index (χ2n) is 4.05. The molecular formula is C11H18NO+. The zero-order chi connectivity index (χ0) is 9.90. The van der Waals surface area contributed by atoms with E-state index in [9.17, 15) is 5.11 Å². The van der Waals surface area contributed by atoms with E-state index in [-0.39, 0.29) is 6.23 Å². The van der Waals surface area contributed by atoms with Crippen LogP contribution in [0.15, 0.2) is 30.3 Å². The molecule has 1 rings (SSSR count). The number of rotatable bonds is 3. The van der Waals surface area contributed by atoms with Gasteiger partial charge in [-0.2, -0.15) is 0 Å². The molecule has 2 heteroatoms. The van der Waals surface area contributed by atoms with Crippen LogP contribution in [0.5, 0.6) is 0 Å². The lowest BCUT2D eigenvalue weighted by Crippen LogP contribution is -2.46. The SMILES string of the molecule is CC(O)[N+](C)(C)Cc1ccccc1. The number of nitrogens with zero attached hydrogens (tertiary/aromatic N) is 1. The third kappa shape index (κ3) is 2.83. The first kappa shape index (κ1) is 10.2. The fourth-order valence-corrected chi connectivity index (χ4v) is 1.19. The maximum absolute atomic E-state index is 9.51. The zero-order valence-electron chi connectivity index (χ0n) is 8.57. The molecule has 0 radical (unpaired) electrons. The van der Waals surface area contributed by atoms with Crippen LogP contribution in [0, 0.1) is 0 Å². The summed E-state index contributed by atoms with van der Waals surface area (Å²) >= 11 is 0. The Morgan fingerprint density at radius 1 is 1.23 bits per heavy atom. The van der Waals surface area contributed by atoms with Crippen LogP contribution in [0.3, 0.4) is 0 Å². The molecule has 2 nitrogen and oxygen atoms in total. The molecule has 0 saturated heterocycles. The molecule has 1 aromatic carbocycles. The van der Waals surface area contributed by atoms with Crippen LogP contribution >= 0.6 is 0 Å². The van der Waals surface area contributed by atoms with Crippen LogP contribution in [-0.2, 0) is 6.54 Å². The molecule has 0 amide bonds. The van der Waals surface area contributed by atoms with Gasteiger partial charge >= 0.3 is 0 Å². The van der Waals surface area contributed by atoms with Gasteiger partial charge in [0.15, 0.2) is 6.23 Å². The molecule has 1 aromatic rings. The van der Waals surface area contributed by atoms with Crippen molar-refractivity contribution < 1.29 is 9.59 Å². The van der Waals surface area contributed by atoms with Crippen molar-refractivity contribution in [3.8, 4) is 0 Å². The molecule has 0 fully saturated rings. The lowest BCUT2D eigenvalue weighted by molar-refractivity contribution is -0.946. The molecule has 1 atom stereocenters. The number of hydrogen-bond acceptors (Lipinski definition) is 1. The van der Waals surface area contributed by atoms with E-state index in [4.69, 9.17) is 0 Å². The highest BCUT2D eigenvalue weighted by Gasteiger charge is 2.21. The van der Waals surface area contributed by atoms with Crippen molar-refractivity contribution in [2.24, 2.45) is 0 Å².